The van der Waals surface area contributed by atoms with Gasteiger partial charge in [-0.1, -0.05) is 17.6 Å². The molecule has 0 aliphatic rings. The predicted octanol–water partition coefficient (Wildman–Crippen LogP) is -0.747. The predicted molar refractivity (Wildman–Crippen MR) is 43.3 cm³/mol. The molecule has 0 fully saturated rings. The summed E-state index contributed by atoms with van der Waals surface area (Å²) in [6.07, 6.45) is 0. The normalized spacial score (nSPS) is 9.73. The molecule has 0 aliphatic heterocycles. The molecule has 0 amide bonds. The van der Waals surface area contributed by atoms with Crippen LogP contribution < -0.4 is 11.2 Å². The van der Waals surface area contributed by atoms with Gasteiger partial charge in [0.1, 0.15) is 5.82 Å². The molecule has 1 rings (SSSR count). The SMILES string of the molecule is NCc1ccc(BO)cc1F. The third kappa shape index (κ3) is 1.79. The molecule has 0 radical (unpaired) electrons. The number of nitrogens with two attached hydrogens (primary N) is 1. The molecule has 58 valence electrons. The van der Waals surface area contributed by atoms with Gasteiger partial charge in [0.2, 0.25) is 0 Å². The molecule has 0 spiro atoms. The second kappa shape index (κ2) is 3.50. The number of rotatable bonds is 2. The van der Waals surface area contributed by atoms with Crippen molar-refractivity contribution in [2.45, 2.75) is 6.54 Å². The fourth-order valence-electron chi connectivity index (χ4n) is 0.855. The van der Waals surface area contributed by atoms with Crippen LogP contribution in [0.3, 0.4) is 0 Å². The highest BCUT2D eigenvalue weighted by Gasteiger charge is 2.00. The molecule has 0 saturated heterocycles. The third-order valence-electron chi connectivity index (χ3n) is 1.52. The van der Waals surface area contributed by atoms with E-state index in [4.69, 9.17) is 10.8 Å². The fourth-order valence-corrected chi connectivity index (χ4v) is 0.855. The standard InChI is InChI=1S/C7H9BFNO/c9-7-3-6(8-11)2-1-5(7)4-10/h1-3,8,11H,4,10H2. The summed E-state index contributed by atoms with van der Waals surface area (Å²) < 4.78 is 12.8. The van der Waals surface area contributed by atoms with Crippen LogP contribution >= 0.6 is 0 Å². The van der Waals surface area contributed by atoms with Crippen molar-refractivity contribution in [3.63, 3.8) is 0 Å². The summed E-state index contributed by atoms with van der Waals surface area (Å²) in [6, 6.07) is 4.54. The molecular formula is C7H9BFNO. The maximum Gasteiger partial charge on any atom is 0.304 e. The van der Waals surface area contributed by atoms with Crippen LogP contribution in [0.15, 0.2) is 18.2 Å². The highest BCUT2D eigenvalue weighted by molar-refractivity contribution is 6.45. The Morgan fingerprint density at radius 1 is 1.55 bits per heavy atom. The first kappa shape index (κ1) is 8.23. The van der Waals surface area contributed by atoms with E-state index >= 15 is 0 Å². The van der Waals surface area contributed by atoms with Crippen LogP contribution in [0.2, 0.25) is 0 Å². The fraction of sp³-hybridized carbons (Fsp3) is 0.143. The van der Waals surface area contributed by atoms with E-state index in [0.717, 1.165) is 0 Å². The Kier molecular flexibility index (Phi) is 2.62. The maximum absolute atomic E-state index is 12.8. The minimum Gasteiger partial charge on any atom is -0.449 e. The summed E-state index contributed by atoms with van der Waals surface area (Å²) in [6.45, 7) is 0.192. The monoisotopic (exact) mass is 153 g/mol. The van der Waals surface area contributed by atoms with Gasteiger partial charge >= 0.3 is 7.48 Å². The number of halogens is 1. The lowest BCUT2D eigenvalue weighted by Gasteiger charge is -2.00. The van der Waals surface area contributed by atoms with E-state index in [9.17, 15) is 4.39 Å². The van der Waals surface area contributed by atoms with E-state index in [-0.39, 0.29) is 19.8 Å². The van der Waals surface area contributed by atoms with Gasteiger partial charge < -0.3 is 10.8 Å². The van der Waals surface area contributed by atoms with Gasteiger partial charge in [0.15, 0.2) is 0 Å². The molecule has 0 unspecified atom stereocenters. The van der Waals surface area contributed by atoms with Gasteiger partial charge in [-0.15, -0.1) is 0 Å². The molecule has 0 heterocycles. The molecule has 0 bridgehead atoms. The zero-order valence-corrected chi connectivity index (χ0v) is 6.05. The molecule has 4 heteroatoms. The van der Waals surface area contributed by atoms with Gasteiger partial charge in [-0.2, -0.15) is 0 Å². The van der Waals surface area contributed by atoms with Gasteiger partial charge in [0.05, 0.1) is 0 Å². The van der Waals surface area contributed by atoms with Crippen LogP contribution in [0.25, 0.3) is 0 Å². The molecule has 0 atom stereocenters. The molecule has 1 aromatic carbocycles. The summed E-state index contributed by atoms with van der Waals surface area (Å²) in [7, 11) is -0.137. The third-order valence-corrected chi connectivity index (χ3v) is 1.52. The summed E-state index contributed by atoms with van der Waals surface area (Å²) in [4.78, 5) is 0. The van der Waals surface area contributed by atoms with Crippen molar-refractivity contribution in [2.24, 2.45) is 5.73 Å². The average Bonchev–Trinajstić information content (AvgIpc) is 2.04. The summed E-state index contributed by atoms with van der Waals surface area (Å²) in [5.74, 6) is -0.348. The Morgan fingerprint density at radius 2 is 2.27 bits per heavy atom. The molecular weight excluding hydrogens is 144 g/mol. The molecule has 1 aromatic rings. The largest absolute Gasteiger partial charge is 0.449 e. The van der Waals surface area contributed by atoms with Gasteiger partial charge in [-0.25, -0.2) is 4.39 Å². The highest BCUT2D eigenvalue weighted by Crippen LogP contribution is 2.02. The molecule has 0 aliphatic carbocycles. The lowest BCUT2D eigenvalue weighted by atomic mass is 9.88. The Balaban J connectivity index is 2.99. The molecule has 0 saturated carbocycles. The van der Waals surface area contributed by atoms with Crippen molar-refractivity contribution >= 4 is 12.9 Å². The number of hydrogen-bond acceptors (Lipinski definition) is 2. The van der Waals surface area contributed by atoms with Crippen LogP contribution in [0.4, 0.5) is 4.39 Å². The molecule has 0 aromatic heterocycles. The van der Waals surface area contributed by atoms with E-state index in [1.807, 2.05) is 0 Å². The van der Waals surface area contributed by atoms with E-state index in [1.54, 1.807) is 12.1 Å². The second-order valence-electron chi connectivity index (χ2n) is 2.29. The van der Waals surface area contributed by atoms with Crippen molar-refractivity contribution in [1.82, 2.24) is 0 Å². The smallest absolute Gasteiger partial charge is 0.304 e. The van der Waals surface area contributed by atoms with Crippen molar-refractivity contribution < 1.29 is 9.41 Å². The topological polar surface area (TPSA) is 46.2 Å². The summed E-state index contributed by atoms with van der Waals surface area (Å²) in [5.41, 5.74) is 6.28. The van der Waals surface area contributed by atoms with E-state index < -0.39 is 0 Å². The first-order valence-electron chi connectivity index (χ1n) is 3.36. The van der Waals surface area contributed by atoms with Crippen LogP contribution in [0, 0.1) is 5.82 Å². The average molecular weight is 153 g/mol. The van der Waals surface area contributed by atoms with Gasteiger partial charge in [0, 0.05) is 12.1 Å². The van der Waals surface area contributed by atoms with Crippen LogP contribution in [-0.4, -0.2) is 12.5 Å². The van der Waals surface area contributed by atoms with Gasteiger partial charge in [0.25, 0.3) is 0 Å². The first-order valence-corrected chi connectivity index (χ1v) is 3.36. The zero-order chi connectivity index (χ0) is 8.27. The number of hydrogen-bond donors (Lipinski definition) is 2. The van der Waals surface area contributed by atoms with Gasteiger partial charge in [-0.05, 0) is 6.07 Å². The van der Waals surface area contributed by atoms with E-state index in [0.29, 0.717) is 11.0 Å². The second-order valence-corrected chi connectivity index (χ2v) is 2.29. The van der Waals surface area contributed by atoms with Crippen molar-refractivity contribution in [3.05, 3.63) is 29.6 Å². The van der Waals surface area contributed by atoms with Crippen LogP contribution in [-0.2, 0) is 6.54 Å². The highest BCUT2D eigenvalue weighted by atomic mass is 19.1. The molecule has 2 nitrogen and oxygen atoms in total. The van der Waals surface area contributed by atoms with Gasteiger partial charge in [-0.3, -0.25) is 0 Å². The Bertz CT molecular complexity index is 254. The first-order chi connectivity index (χ1) is 5.27. The van der Waals surface area contributed by atoms with E-state index in [2.05, 4.69) is 0 Å². The lowest BCUT2D eigenvalue weighted by molar-refractivity contribution is 0.605. The Labute approximate surface area is 65.1 Å². The quantitative estimate of drug-likeness (QED) is 0.549. The maximum atomic E-state index is 12.8. The van der Waals surface area contributed by atoms with Crippen LogP contribution in [0.1, 0.15) is 5.56 Å². The van der Waals surface area contributed by atoms with E-state index in [1.165, 1.54) is 6.07 Å². The zero-order valence-electron chi connectivity index (χ0n) is 6.05. The summed E-state index contributed by atoms with van der Waals surface area (Å²) >= 11 is 0. The van der Waals surface area contributed by atoms with Crippen molar-refractivity contribution in [2.75, 3.05) is 0 Å². The van der Waals surface area contributed by atoms with Crippen LogP contribution in [0.5, 0.6) is 0 Å². The number of benzene rings is 1. The molecule has 11 heavy (non-hydrogen) atoms. The Hall–Kier alpha value is -0.865. The lowest BCUT2D eigenvalue weighted by Crippen LogP contribution is -2.15. The minimum absolute atomic E-state index is 0.137. The van der Waals surface area contributed by atoms with Crippen molar-refractivity contribution in [3.8, 4) is 0 Å². The molecule has 3 N–H and O–H groups in total. The summed E-state index contributed by atoms with van der Waals surface area (Å²) in [5, 5.41) is 8.63. The Morgan fingerprint density at radius 3 is 2.73 bits per heavy atom. The minimum atomic E-state index is -0.348. The van der Waals surface area contributed by atoms with Crippen molar-refractivity contribution in [1.29, 1.82) is 0 Å².